The van der Waals surface area contributed by atoms with Crippen molar-refractivity contribution in [3.05, 3.63) is 58.7 Å². The molecule has 1 radical (unpaired) electrons. The van der Waals surface area contributed by atoms with Crippen LogP contribution >= 0.6 is 0 Å². The van der Waals surface area contributed by atoms with Crippen molar-refractivity contribution < 1.29 is 34.2 Å². The zero-order valence-corrected chi connectivity index (χ0v) is 23.6. The van der Waals surface area contributed by atoms with E-state index in [2.05, 4.69) is 17.6 Å². The molecule has 0 aromatic heterocycles. The summed E-state index contributed by atoms with van der Waals surface area (Å²) in [4.78, 5) is 38.1. The van der Waals surface area contributed by atoms with Gasteiger partial charge in [-0.05, 0) is 67.2 Å². The van der Waals surface area contributed by atoms with Crippen LogP contribution in [0.3, 0.4) is 0 Å². The standard InChI is InChI=1S/C21H23B2N2O7.C7H17N/c1-13(10-24-20(28)14-2-4-16(11-27)18(8-14)22-30)25(6-7-26)21(29)15-3-5-17-12-32-23(31)19(17)9-15;1-3-4-5-6-7-8-2/h2-5,7-9,13,27,30-31H,6,10-12H2,1H3,(H,24,28);8H,3-7H2,1-2H3. The highest BCUT2D eigenvalue weighted by atomic mass is 16.5. The fraction of sp³-hybridized carbons (Fsp3) is 0.464. The van der Waals surface area contributed by atoms with Gasteiger partial charge >= 0.3 is 14.6 Å². The number of unbranched alkanes of at least 4 members (excludes halogenated alkanes) is 3. The Morgan fingerprint density at radius 1 is 1.18 bits per heavy atom. The van der Waals surface area contributed by atoms with E-state index in [0.717, 1.165) is 13.0 Å². The maximum Gasteiger partial charge on any atom is 0.491 e. The Morgan fingerprint density at radius 2 is 1.93 bits per heavy atom. The van der Waals surface area contributed by atoms with Crippen molar-refractivity contribution in [3.8, 4) is 0 Å². The first kappa shape index (κ1) is 33.2. The number of aliphatic hydroxyl groups excluding tert-OH is 1. The summed E-state index contributed by atoms with van der Waals surface area (Å²) in [5.41, 5.74) is 2.69. The Bertz CT molecular complexity index is 1110. The Balaban J connectivity index is 0.000000611. The number of nitrogens with zero attached hydrogens (tertiary/aromatic N) is 1. The van der Waals surface area contributed by atoms with Gasteiger partial charge < -0.3 is 40.1 Å². The molecule has 10 nitrogen and oxygen atoms in total. The second-order valence-electron chi connectivity index (χ2n) is 9.63. The maximum absolute atomic E-state index is 13.0. The highest BCUT2D eigenvalue weighted by molar-refractivity contribution is 6.61. The predicted octanol–water partition coefficient (Wildman–Crippen LogP) is -0.121. The normalized spacial score (nSPS) is 12.6. The molecule has 0 saturated heterocycles. The van der Waals surface area contributed by atoms with Gasteiger partial charge in [0.1, 0.15) is 6.29 Å². The molecule has 40 heavy (non-hydrogen) atoms. The van der Waals surface area contributed by atoms with E-state index >= 15 is 0 Å². The monoisotopic (exact) mass is 552 g/mol. The lowest BCUT2D eigenvalue weighted by molar-refractivity contribution is -0.108. The molecule has 12 heteroatoms. The summed E-state index contributed by atoms with van der Waals surface area (Å²) >= 11 is 0. The van der Waals surface area contributed by atoms with Crippen LogP contribution in [0.2, 0.25) is 0 Å². The number of aldehydes is 1. The van der Waals surface area contributed by atoms with Gasteiger partial charge in [-0.25, -0.2) is 0 Å². The lowest BCUT2D eigenvalue weighted by Crippen LogP contribution is -2.46. The number of fused-ring (bicyclic) bond motifs is 1. The van der Waals surface area contributed by atoms with Crippen molar-refractivity contribution in [3.63, 3.8) is 0 Å². The summed E-state index contributed by atoms with van der Waals surface area (Å²) in [6.45, 7) is 5.02. The van der Waals surface area contributed by atoms with E-state index in [0.29, 0.717) is 28.3 Å². The molecule has 0 fully saturated rings. The number of hydrogen-bond acceptors (Lipinski definition) is 8. The number of benzene rings is 2. The second kappa shape index (κ2) is 17.6. The van der Waals surface area contributed by atoms with Crippen molar-refractivity contribution in [1.29, 1.82) is 0 Å². The minimum Gasteiger partial charge on any atom is -0.450 e. The van der Waals surface area contributed by atoms with Gasteiger partial charge in [0.05, 0.1) is 19.8 Å². The third-order valence-corrected chi connectivity index (χ3v) is 6.68. The van der Waals surface area contributed by atoms with Gasteiger partial charge in [0.15, 0.2) is 0 Å². The van der Waals surface area contributed by atoms with Crippen LogP contribution in [0.1, 0.15) is 71.4 Å². The van der Waals surface area contributed by atoms with Gasteiger partial charge in [-0.15, -0.1) is 0 Å². The smallest absolute Gasteiger partial charge is 0.450 e. The quantitative estimate of drug-likeness (QED) is 0.124. The summed E-state index contributed by atoms with van der Waals surface area (Å²) in [6, 6.07) is 8.86. The van der Waals surface area contributed by atoms with Crippen molar-refractivity contribution in [2.45, 2.75) is 58.8 Å². The van der Waals surface area contributed by atoms with Crippen LogP contribution < -0.4 is 21.6 Å². The molecule has 1 aliphatic heterocycles. The molecule has 0 bridgehead atoms. The van der Waals surface area contributed by atoms with Crippen molar-refractivity contribution in [2.24, 2.45) is 0 Å². The molecule has 1 aliphatic rings. The second-order valence-corrected chi connectivity index (χ2v) is 9.63. The van der Waals surface area contributed by atoms with E-state index in [4.69, 9.17) is 4.65 Å². The zero-order valence-electron chi connectivity index (χ0n) is 23.6. The molecule has 215 valence electrons. The van der Waals surface area contributed by atoms with E-state index < -0.39 is 25.0 Å². The number of amides is 2. The van der Waals surface area contributed by atoms with E-state index in [9.17, 15) is 29.5 Å². The van der Waals surface area contributed by atoms with Gasteiger partial charge in [0.25, 0.3) is 11.8 Å². The number of carbonyl (C=O) groups is 3. The molecule has 0 saturated carbocycles. The average Bonchev–Trinajstić information content (AvgIpc) is 3.36. The topological polar surface area (TPSA) is 148 Å². The summed E-state index contributed by atoms with van der Waals surface area (Å²) in [5, 5.41) is 34.3. The molecular formula is C28H40B2N3O7. The number of aliphatic hydroxyl groups is 1. The molecule has 1 unspecified atom stereocenters. The molecule has 2 aromatic rings. The number of nitrogens with one attached hydrogen (secondary N) is 2. The average molecular weight is 552 g/mol. The Labute approximate surface area is 237 Å². The van der Waals surface area contributed by atoms with Gasteiger partial charge in [0, 0.05) is 23.7 Å². The van der Waals surface area contributed by atoms with Crippen LogP contribution in [0, 0.1) is 0 Å². The summed E-state index contributed by atoms with van der Waals surface area (Å²) in [7, 11) is 1.73. The lowest BCUT2D eigenvalue weighted by Gasteiger charge is -2.28. The third kappa shape index (κ3) is 9.57. The van der Waals surface area contributed by atoms with E-state index in [1.807, 2.05) is 7.05 Å². The summed E-state index contributed by atoms with van der Waals surface area (Å²) < 4.78 is 5.15. The summed E-state index contributed by atoms with van der Waals surface area (Å²) in [6.07, 6.45) is 6.06. The molecular weight excluding hydrogens is 512 g/mol. The molecule has 0 aliphatic carbocycles. The fourth-order valence-electron chi connectivity index (χ4n) is 4.24. The van der Waals surface area contributed by atoms with Crippen LogP contribution in [0.5, 0.6) is 0 Å². The third-order valence-electron chi connectivity index (χ3n) is 6.68. The summed E-state index contributed by atoms with van der Waals surface area (Å²) in [5.74, 6) is -0.842. The first-order chi connectivity index (χ1) is 19.3. The minimum absolute atomic E-state index is 0.0784. The number of hydrogen-bond donors (Lipinski definition) is 5. The van der Waals surface area contributed by atoms with Gasteiger partial charge in [0.2, 0.25) is 0 Å². The maximum atomic E-state index is 13.0. The van der Waals surface area contributed by atoms with Crippen LogP contribution in [0.15, 0.2) is 36.4 Å². The molecule has 2 aromatic carbocycles. The molecule has 0 spiro atoms. The molecule has 3 rings (SSSR count). The van der Waals surface area contributed by atoms with E-state index in [1.54, 1.807) is 25.1 Å². The van der Waals surface area contributed by atoms with E-state index in [-0.39, 0.29) is 31.9 Å². The minimum atomic E-state index is -1.09. The van der Waals surface area contributed by atoms with Gasteiger partial charge in [-0.1, -0.05) is 44.4 Å². The highest BCUT2D eigenvalue weighted by Gasteiger charge is 2.29. The van der Waals surface area contributed by atoms with Gasteiger partial charge in [-0.2, -0.15) is 0 Å². The zero-order chi connectivity index (χ0) is 29.5. The Hall–Kier alpha value is -3.02. The van der Waals surface area contributed by atoms with Crippen LogP contribution in [0.4, 0.5) is 0 Å². The Morgan fingerprint density at radius 3 is 2.58 bits per heavy atom. The van der Waals surface area contributed by atoms with Crippen molar-refractivity contribution >= 4 is 43.6 Å². The van der Waals surface area contributed by atoms with Crippen LogP contribution in [-0.4, -0.2) is 85.5 Å². The molecule has 2 amide bonds. The highest BCUT2D eigenvalue weighted by Crippen LogP contribution is 2.14. The SMILES string of the molecule is CC(CNC(=O)c1ccc(CO)c([B]O)c1)N(CC=O)C(=O)c1ccc2c(c1)B(O)OC2.CCCCCCNC. The fourth-order valence-corrected chi connectivity index (χ4v) is 4.24. The molecule has 1 heterocycles. The first-order valence-electron chi connectivity index (χ1n) is 13.6. The van der Waals surface area contributed by atoms with Crippen LogP contribution in [0.25, 0.3) is 0 Å². The lowest BCUT2D eigenvalue weighted by atomic mass is 9.78. The van der Waals surface area contributed by atoms with E-state index in [1.165, 1.54) is 55.3 Å². The van der Waals surface area contributed by atoms with Gasteiger partial charge in [-0.3, -0.25) is 9.59 Å². The number of carbonyl (C=O) groups excluding carboxylic acids is 3. The van der Waals surface area contributed by atoms with Crippen LogP contribution in [-0.2, 0) is 22.7 Å². The van der Waals surface area contributed by atoms with Crippen molar-refractivity contribution in [2.75, 3.05) is 26.7 Å². The molecule has 1 atom stereocenters. The first-order valence-corrected chi connectivity index (χ1v) is 13.6. The largest absolute Gasteiger partial charge is 0.491 e. The number of rotatable bonds is 14. The molecule has 5 N–H and O–H groups in total. The Kier molecular flexibility index (Phi) is 14.6. The van der Waals surface area contributed by atoms with Crippen molar-refractivity contribution in [1.82, 2.24) is 15.5 Å². The predicted molar refractivity (Wildman–Crippen MR) is 156 cm³/mol.